The van der Waals surface area contributed by atoms with Gasteiger partial charge in [-0.1, -0.05) is 26.8 Å². The lowest BCUT2D eigenvalue weighted by atomic mass is 9.81. The molecule has 2 rings (SSSR count). The molecule has 0 atom stereocenters. The van der Waals surface area contributed by atoms with Crippen molar-refractivity contribution in [3.05, 3.63) is 23.8 Å². The molecule has 1 aromatic carbocycles. The average Bonchev–Trinajstić information content (AvgIpc) is 2.49. The monoisotopic (exact) mass is 259 g/mol. The van der Waals surface area contributed by atoms with E-state index in [1.807, 2.05) is 0 Å². The predicted molar refractivity (Wildman–Crippen MR) is 82.3 cm³/mol. The highest BCUT2D eigenvalue weighted by molar-refractivity contribution is 5.79. The van der Waals surface area contributed by atoms with Gasteiger partial charge in [0.1, 0.15) is 0 Å². The van der Waals surface area contributed by atoms with Crippen molar-refractivity contribution in [3.63, 3.8) is 0 Å². The number of nitrogen functional groups attached to an aromatic ring is 1. The van der Waals surface area contributed by atoms with Gasteiger partial charge in [0.2, 0.25) is 5.95 Å². The van der Waals surface area contributed by atoms with Crippen LogP contribution < -0.4 is 5.73 Å². The molecule has 0 fully saturated rings. The van der Waals surface area contributed by atoms with E-state index in [4.69, 9.17) is 5.73 Å². The molecule has 104 valence electrons. The molecule has 0 aliphatic heterocycles. The normalized spacial score (nSPS) is 13.2. The minimum atomic E-state index is -0.0493. The van der Waals surface area contributed by atoms with E-state index in [-0.39, 0.29) is 11.0 Å². The van der Waals surface area contributed by atoms with Gasteiger partial charge >= 0.3 is 0 Å². The maximum Gasteiger partial charge on any atom is 0.201 e. The lowest BCUT2D eigenvalue weighted by Gasteiger charge is -2.34. The third-order valence-electron chi connectivity index (χ3n) is 3.40. The fraction of sp³-hybridized carbons (Fsp3) is 0.562. The summed E-state index contributed by atoms with van der Waals surface area (Å²) in [7, 11) is 0. The topological polar surface area (TPSA) is 43.8 Å². The molecule has 3 heteroatoms. The van der Waals surface area contributed by atoms with E-state index in [2.05, 4.69) is 69.3 Å². The van der Waals surface area contributed by atoms with Crippen LogP contribution in [-0.4, -0.2) is 9.55 Å². The van der Waals surface area contributed by atoms with Gasteiger partial charge in [-0.15, -0.1) is 0 Å². The number of imidazole rings is 1. The van der Waals surface area contributed by atoms with Crippen molar-refractivity contribution in [3.8, 4) is 0 Å². The number of rotatable bonds is 2. The molecule has 2 aromatic rings. The highest BCUT2D eigenvalue weighted by Crippen LogP contribution is 2.36. The van der Waals surface area contributed by atoms with E-state index < -0.39 is 0 Å². The summed E-state index contributed by atoms with van der Waals surface area (Å²) >= 11 is 0. The minimum absolute atomic E-state index is 0.0493. The van der Waals surface area contributed by atoms with E-state index in [0.29, 0.717) is 5.95 Å². The van der Waals surface area contributed by atoms with E-state index >= 15 is 0 Å². The van der Waals surface area contributed by atoms with Crippen molar-refractivity contribution < 1.29 is 0 Å². The van der Waals surface area contributed by atoms with Crippen LogP contribution in [0.4, 0.5) is 5.95 Å². The molecule has 1 aromatic heterocycles. The number of anilines is 1. The van der Waals surface area contributed by atoms with E-state index in [0.717, 1.165) is 17.5 Å². The highest BCUT2D eigenvalue weighted by atomic mass is 15.2. The second-order valence-electron chi connectivity index (χ2n) is 7.35. The quantitative estimate of drug-likeness (QED) is 0.882. The van der Waals surface area contributed by atoms with Crippen molar-refractivity contribution in [2.45, 2.75) is 53.5 Å². The molecule has 0 radical (unpaired) electrons. The van der Waals surface area contributed by atoms with Crippen LogP contribution in [0.25, 0.3) is 11.0 Å². The summed E-state index contributed by atoms with van der Waals surface area (Å²) in [5.74, 6) is 0.606. The number of benzene rings is 1. The first-order valence-electron chi connectivity index (χ1n) is 6.85. The highest BCUT2D eigenvalue weighted by Gasteiger charge is 2.30. The third-order valence-corrected chi connectivity index (χ3v) is 3.40. The lowest BCUT2D eigenvalue weighted by Crippen LogP contribution is -2.32. The molecule has 0 aliphatic rings. The Morgan fingerprint density at radius 3 is 2.37 bits per heavy atom. The molecule has 1 heterocycles. The molecule has 0 saturated carbocycles. The van der Waals surface area contributed by atoms with Crippen molar-refractivity contribution >= 4 is 17.0 Å². The number of aryl methyl sites for hydroxylation is 1. The summed E-state index contributed by atoms with van der Waals surface area (Å²) in [5, 5.41) is 0. The number of fused-ring (bicyclic) bond motifs is 1. The van der Waals surface area contributed by atoms with Crippen LogP contribution in [0.5, 0.6) is 0 Å². The zero-order chi connectivity index (χ0) is 14.4. The van der Waals surface area contributed by atoms with Crippen molar-refractivity contribution in [2.75, 3.05) is 5.73 Å². The number of hydrogen-bond acceptors (Lipinski definition) is 2. The maximum absolute atomic E-state index is 6.16. The van der Waals surface area contributed by atoms with Gasteiger partial charge in [0.25, 0.3) is 0 Å². The van der Waals surface area contributed by atoms with Gasteiger partial charge in [-0.3, -0.25) is 0 Å². The molecular weight excluding hydrogens is 234 g/mol. The molecule has 0 spiro atoms. The van der Waals surface area contributed by atoms with E-state index in [9.17, 15) is 0 Å². The van der Waals surface area contributed by atoms with Crippen LogP contribution in [0, 0.1) is 12.3 Å². The van der Waals surface area contributed by atoms with Crippen molar-refractivity contribution in [1.82, 2.24) is 9.55 Å². The predicted octanol–water partition coefficient (Wildman–Crippen LogP) is 4.10. The molecule has 0 bridgehead atoms. The fourth-order valence-corrected chi connectivity index (χ4v) is 3.22. The minimum Gasteiger partial charge on any atom is -0.369 e. The Labute approximate surface area is 115 Å². The van der Waals surface area contributed by atoms with Gasteiger partial charge in [0.15, 0.2) is 0 Å². The van der Waals surface area contributed by atoms with Gasteiger partial charge in [0, 0.05) is 5.54 Å². The van der Waals surface area contributed by atoms with Gasteiger partial charge in [-0.05, 0) is 50.3 Å². The third kappa shape index (κ3) is 2.75. The number of hydrogen-bond donors (Lipinski definition) is 1. The zero-order valence-electron chi connectivity index (χ0n) is 12.9. The Kier molecular flexibility index (Phi) is 3.12. The zero-order valence-corrected chi connectivity index (χ0v) is 12.9. The summed E-state index contributed by atoms with van der Waals surface area (Å²) in [5.41, 5.74) is 9.68. The Morgan fingerprint density at radius 1 is 1.16 bits per heavy atom. The summed E-state index contributed by atoms with van der Waals surface area (Å²) in [6.07, 6.45) is 1.05. The number of nitrogens with zero attached hydrogens (tertiary/aromatic N) is 2. The van der Waals surface area contributed by atoms with Crippen molar-refractivity contribution in [1.29, 1.82) is 0 Å². The first kappa shape index (κ1) is 13.9. The molecule has 3 nitrogen and oxygen atoms in total. The summed E-state index contributed by atoms with van der Waals surface area (Å²) in [4.78, 5) is 4.51. The second-order valence-corrected chi connectivity index (χ2v) is 7.35. The Balaban J connectivity index is 2.58. The molecule has 2 N–H and O–H groups in total. The van der Waals surface area contributed by atoms with Crippen LogP contribution in [0.3, 0.4) is 0 Å². The average molecular weight is 259 g/mol. The molecule has 0 amide bonds. The van der Waals surface area contributed by atoms with Gasteiger partial charge in [0.05, 0.1) is 11.0 Å². The SMILES string of the molecule is Cc1ccc2c(c1)nc(N)n2C(C)(C)CC(C)(C)C. The van der Waals surface area contributed by atoms with Crippen LogP contribution in [-0.2, 0) is 5.54 Å². The summed E-state index contributed by atoms with van der Waals surface area (Å²) in [6.45, 7) is 13.3. The summed E-state index contributed by atoms with van der Waals surface area (Å²) in [6, 6.07) is 6.33. The second kappa shape index (κ2) is 4.26. The standard InChI is InChI=1S/C16H25N3/c1-11-7-8-13-12(9-11)18-14(17)19(13)16(5,6)10-15(2,3)4/h7-9H,10H2,1-6H3,(H2,17,18). The number of aromatic nitrogens is 2. The Bertz CT molecular complexity index is 600. The van der Waals surface area contributed by atoms with Crippen molar-refractivity contribution in [2.24, 2.45) is 5.41 Å². The maximum atomic E-state index is 6.16. The van der Waals surface area contributed by atoms with Gasteiger partial charge in [-0.25, -0.2) is 4.98 Å². The van der Waals surface area contributed by atoms with Crippen LogP contribution >= 0.6 is 0 Å². The lowest BCUT2D eigenvalue weighted by molar-refractivity contribution is 0.222. The van der Waals surface area contributed by atoms with Crippen LogP contribution in [0.15, 0.2) is 18.2 Å². The fourth-order valence-electron chi connectivity index (χ4n) is 3.22. The van der Waals surface area contributed by atoms with E-state index in [1.54, 1.807) is 0 Å². The van der Waals surface area contributed by atoms with Crippen LogP contribution in [0.1, 0.15) is 46.6 Å². The first-order chi connectivity index (χ1) is 8.60. The summed E-state index contributed by atoms with van der Waals surface area (Å²) < 4.78 is 2.17. The van der Waals surface area contributed by atoms with Gasteiger partial charge in [-0.2, -0.15) is 0 Å². The smallest absolute Gasteiger partial charge is 0.201 e. The Morgan fingerprint density at radius 2 is 1.79 bits per heavy atom. The molecule has 0 saturated heterocycles. The Hall–Kier alpha value is -1.51. The van der Waals surface area contributed by atoms with Crippen LogP contribution in [0.2, 0.25) is 0 Å². The molecule has 0 unspecified atom stereocenters. The molecular formula is C16H25N3. The molecule has 0 aliphatic carbocycles. The molecule has 19 heavy (non-hydrogen) atoms. The van der Waals surface area contributed by atoms with Gasteiger partial charge < -0.3 is 10.3 Å². The largest absolute Gasteiger partial charge is 0.369 e. The number of nitrogens with two attached hydrogens (primary N) is 1. The van der Waals surface area contributed by atoms with E-state index in [1.165, 1.54) is 5.56 Å². The first-order valence-corrected chi connectivity index (χ1v) is 6.85.